The normalized spacial score (nSPS) is 15.4. The van der Waals surface area contributed by atoms with Crippen molar-refractivity contribution in [3.63, 3.8) is 0 Å². The molecule has 0 bridgehead atoms. The molecule has 4 aromatic carbocycles. The summed E-state index contributed by atoms with van der Waals surface area (Å²) in [5.41, 5.74) is 10.3. The van der Waals surface area contributed by atoms with Gasteiger partial charge in [0.25, 0.3) is 0 Å². The summed E-state index contributed by atoms with van der Waals surface area (Å²) in [6.45, 7) is 16.7. The molecular weight excluding hydrogens is 432 g/mol. The van der Waals surface area contributed by atoms with Crippen LogP contribution in [0.25, 0.3) is 33.0 Å². The second-order valence-electron chi connectivity index (χ2n) is 10.2. The smallest absolute Gasteiger partial charge is 0.0290 e. The van der Waals surface area contributed by atoms with E-state index in [0.717, 1.165) is 25.7 Å². The highest BCUT2D eigenvalue weighted by Crippen LogP contribution is 2.59. The number of hydrogen-bond acceptors (Lipinski definition) is 0. The van der Waals surface area contributed by atoms with E-state index in [1.165, 1.54) is 55.3 Å². The maximum Gasteiger partial charge on any atom is 0.0290 e. The first kappa shape index (κ1) is 22.6. The van der Waals surface area contributed by atoms with Gasteiger partial charge in [-0.2, -0.15) is 0 Å². The fraction of sp³-hybridized carbons (Fsp3) is 0.167. The van der Waals surface area contributed by atoms with Crippen LogP contribution in [0.3, 0.4) is 0 Å². The largest absolute Gasteiger partial charge is 0.103 e. The SMILES string of the molecule is C=CCC1(CC=C)c2c[c]ccc2-c2ccc3c4c(ccc3c21)-c1c[c]ccc1C4(CC=C)CC=C. The molecule has 0 atom stereocenters. The molecule has 6 rings (SSSR count). The third-order valence-corrected chi connectivity index (χ3v) is 8.47. The summed E-state index contributed by atoms with van der Waals surface area (Å²) >= 11 is 0. The van der Waals surface area contributed by atoms with Gasteiger partial charge in [0.05, 0.1) is 0 Å². The van der Waals surface area contributed by atoms with E-state index in [-0.39, 0.29) is 10.8 Å². The van der Waals surface area contributed by atoms with Gasteiger partial charge < -0.3 is 0 Å². The fourth-order valence-corrected chi connectivity index (χ4v) is 7.29. The van der Waals surface area contributed by atoms with E-state index in [1.54, 1.807) is 0 Å². The summed E-state index contributed by atoms with van der Waals surface area (Å²) in [7, 11) is 0. The molecule has 0 saturated carbocycles. The summed E-state index contributed by atoms with van der Waals surface area (Å²) in [6, 6.07) is 28.9. The first-order valence-corrected chi connectivity index (χ1v) is 12.7. The molecule has 2 radical (unpaired) electrons. The number of allylic oxidation sites excluding steroid dienone is 4. The van der Waals surface area contributed by atoms with Crippen LogP contribution < -0.4 is 0 Å². The molecule has 0 unspecified atom stereocenters. The molecular formula is C36H30. The molecule has 174 valence electrons. The third-order valence-electron chi connectivity index (χ3n) is 8.47. The second kappa shape index (κ2) is 8.35. The van der Waals surface area contributed by atoms with Gasteiger partial charge >= 0.3 is 0 Å². The summed E-state index contributed by atoms with van der Waals surface area (Å²) in [6.07, 6.45) is 11.7. The Morgan fingerprint density at radius 3 is 1.61 bits per heavy atom. The van der Waals surface area contributed by atoms with Crippen molar-refractivity contribution >= 4 is 10.8 Å². The van der Waals surface area contributed by atoms with Crippen molar-refractivity contribution in [2.45, 2.75) is 36.5 Å². The van der Waals surface area contributed by atoms with Gasteiger partial charge in [0, 0.05) is 10.8 Å². The molecule has 2 aliphatic rings. The quantitative estimate of drug-likeness (QED) is 0.229. The lowest BCUT2D eigenvalue weighted by Crippen LogP contribution is -2.26. The molecule has 0 aliphatic heterocycles. The van der Waals surface area contributed by atoms with Crippen LogP contribution >= 0.6 is 0 Å². The highest BCUT2D eigenvalue weighted by Gasteiger charge is 2.46. The zero-order valence-corrected chi connectivity index (χ0v) is 20.7. The summed E-state index contributed by atoms with van der Waals surface area (Å²) < 4.78 is 0. The predicted molar refractivity (Wildman–Crippen MR) is 153 cm³/mol. The molecule has 36 heavy (non-hydrogen) atoms. The van der Waals surface area contributed by atoms with Crippen LogP contribution in [0.5, 0.6) is 0 Å². The van der Waals surface area contributed by atoms with Gasteiger partial charge in [-0.15, -0.1) is 26.3 Å². The molecule has 2 aliphatic carbocycles. The number of rotatable bonds is 8. The molecule has 0 N–H and O–H groups in total. The minimum Gasteiger partial charge on any atom is -0.103 e. The average molecular weight is 463 g/mol. The zero-order valence-electron chi connectivity index (χ0n) is 20.7. The maximum absolute atomic E-state index is 4.17. The molecule has 0 aromatic heterocycles. The number of hydrogen-bond donors (Lipinski definition) is 0. The van der Waals surface area contributed by atoms with Crippen LogP contribution in [0.15, 0.2) is 111 Å². The lowest BCUT2D eigenvalue weighted by Gasteiger charge is -2.33. The summed E-state index contributed by atoms with van der Waals surface area (Å²) in [5, 5.41) is 2.64. The van der Waals surface area contributed by atoms with Gasteiger partial charge in [-0.3, -0.25) is 0 Å². The van der Waals surface area contributed by atoms with Crippen LogP contribution in [0, 0.1) is 12.1 Å². The van der Waals surface area contributed by atoms with Crippen molar-refractivity contribution in [1.29, 1.82) is 0 Å². The molecule has 0 fully saturated rings. The van der Waals surface area contributed by atoms with Gasteiger partial charge in [0.2, 0.25) is 0 Å². The van der Waals surface area contributed by atoms with Crippen molar-refractivity contribution in [3.8, 4) is 22.3 Å². The first-order chi connectivity index (χ1) is 17.7. The van der Waals surface area contributed by atoms with E-state index in [2.05, 4.69) is 111 Å². The van der Waals surface area contributed by atoms with Crippen LogP contribution in [0.4, 0.5) is 0 Å². The van der Waals surface area contributed by atoms with Gasteiger partial charge in [-0.1, -0.05) is 72.8 Å². The van der Waals surface area contributed by atoms with Crippen molar-refractivity contribution in [1.82, 2.24) is 0 Å². The van der Waals surface area contributed by atoms with E-state index in [1.807, 2.05) is 12.1 Å². The van der Waals surface area contributed by atoms with Crippen molar-refractivity contribution in [3.05, 3.63) is 146 Å². The second-order valence-corrected chi connectivity index (χ2v) is 10.2. The maximum atomic E-state index is 4.17. The van der Waals surface area contributed by atoms with E-state index < -0.39 is 0 Å². The third kappa shape index (κ3) is 2.76. The summed E-state index contributed by atoms with van der Waals surface area (Å²) in [5.74, 6) is 0. The Balaban J connectivity index is 1.76. The van der Waals surface area contributed by atoms with Gasteiger partial charge in [0.1, 0.15) is 0 Å². The van der Waals surface area contributed by atoms with Crippen molar-refractivity contribution in [2.24, 2.45) is 0 Å². The van der Waals surface area contributed by atoms with Crippen molar-refractivity contribution in [2.75, 3.05) is 0 Å². The highest BCUT2D eigenvalue weighted by molar-refractivity contribution is 6.04. The lowest BCUT2D eigenvalue weighted by molar-refractivity contribution is 0.544. The topological polar surface area (TPSA) is 0 Å². The fourth-order valence-electron chi connectivity index (χ4n) is 7.29. The Hall–Kier alpha value is -3.90. The van der Waals surface area contributed by atoms with Gasteiger partial charge in [0.15, 0.2) is 0 Å². The molecule has 4 aromatic rings. The molecule has 0 spiro atoms. The first-order valence-electron chi connectivity index (χ1n) is 12.7. The van der Waals surface area contributed by atoms with Crippen LogP contribution in [-0.4, -0.2) is 0 Å². The molecule has 0 heterocycles. The highest BCUT2D eigenvalue weighted by atomic mass is 14.5. The van der Waals surface area contributed by atoms with E-state index in [4.69, 9.17) is 0 Å². The lowest BCUT2D eigenvalue weighted by atomic mass is 9.69. The molecule has 0 heteroatoms. The minimum absolute atomic E-state index is 0.185. The minimum atomic E-state index is -0.196. The Morgan fingerprint density at radius 1 is 0.528 bits per heavy atom. The molecule has 0 saturated heterocycles. The van der Waals surface area contributed by atoms with Gasteiger partial charge in [-0.25, -0.2) is 0 Å². The Kier molecular flexibility index (Phi) is 5.23. The standard InChI is InChI=1S/C36H30/c1-5-21-35(22-6-2)31-15-11-9-13-25(31)27-17-20-30-29(33(27)35)19-18-28-26-14-10-12-16-32(26)36(23-7-3,24-8-4)34(28)30/h5-9,12-20H,1-4,21-24H2. The Labute approximate surface area is 215 Å². The monoisotopic (exact) mass is 462 g/mol. The average Bonchev–Trinajstić information content (AvgIpc) is 3.34. The van der Waals surface area contributed by atoms with Crippen molar-refractivity contribution < 1.29 is 0 Å². The number of fused-ring (bicyclic) bond motifs is 9. The Bertz CT molecular complexity index is 1420. The van der Waals surface area contributed by atoms with Gasteiger partial charge in [-0.05, 0) is 105 Å². The van der Waals surface area contributed by atoms with E-state index in [0.29, 0.717) is 0 Å². The van der Waals surface area contributed by atoms with E-state index >= 15 is 0 Å². The van der Waals surface area contributed by atoms with Crippen LogP contribution in [0.2, 0.25) is 0 Å². The van der Waals surface area contributed by atoms with Crippen LogP contribution in [0.1, 0.15) is 47.9 Å². The number of benzene rings is 4. The zero-order chi connectivity index (χ0) is 24.9. The molecule has 0 amide bonds. The predicted octanol–water partition coefficient (Wildman–Crippen LogP) is 9.28. The molecule has 0 nitrogen and oxygen atoms in total. The summed E-state index contributed by atoms with van der Waals surface area (Å²) in [4.78, 5) is 0. The van der Waals surface area contributed by atoms with Crippen LogP contribution in [-0.2, 0) is 10.8 Å². The van der Waals surface area contributed by atoms with E-state index in [9.17, 15) is 0 Å². The Morgan fingerprint density at radius 2 is 1.03 bits per heavy atom.